The van der Waals surface area contributed by atoms with Gasteiger partial charge in [0.2, 0.25) is 0 Å². The molecule has 0 radical (unpaired) electrons. The molecule has 0 bridgehead atoms. The molecule has 27 heavy (non-hydrogen) atoms. The SMILES string of the molecule is CCOC(=O)[C@@H](C)Oc1ccc(C(=O)Nc2cccc(C(F)(F)F)c2)cc1. The van der Waals surface area contributed by atoms with Gasteiger partial charge in [-0.2, -0.15) is 13.2 Å². The molecule has 0 saturated heterocycles. The van der Waals surface area contributed by atoms with Crippen LogP contribution in [-0.4, -0.2) is 24.6 Å². The number of carbonyl (C=O) groups is 2. The van der Waals surface area contributed by atoms with Crippen LogP contribution in [0.2, 0.25) is 0 Å². The van der Waals surface area contributed by atoms with Gasteiger partial charge in [-0.3, -0.25) is 4.79 Å². The summed E-state index contributed by atoms with van der Waals surface area (Å²) in [5.74, 6) is -0.727. The van der Waals surface area contributed by atoms with Crippen LogP contribution in [0.4, 0.5) is 18.9 Å². The second kappa shape index (κ2) is 8.57. The fourth-order valence-corrected chi connectivity index (χ4v) is 2.17. The van der Waals surface area contributed by atoms with Gasteiger partial charge in [-0.25, -0.2) is 4.79 Å². The van der Waals surface area contributed by atoms with Crippen LogP contribution in [0.25, 0.3) is 0 Å². The molecule has 0 aliphatic heterocycles. The van der Waals surface area contributed by atoms with E-state index in [-0.39, 0.29) is 17.9 Å². The van der Waals surface area contributed by atoms with Crippen LogP contribution in [0.15, 0.2) is 48.5 Å². The zero-order chi connectivity index (χ0) is 20.0. The number of amides is 1. The molecule has 0 heterocycles. The number of nitrogens with one attached hydrogen (secondary N) is 1. The minimum absolute atomic E-state index is 0.0334. The Kier molecular flexibility index (Phi) is 6.44. The second-order valence-corrected chi connectivity index (χ2v) is 5.57. The Morgan fingerprint density at radius 1 is 1.11 bits per heavy atom. The molecule has 0 aromatic heterocycles. The first-order valence-electron chi connectivity index (χ1n) is 8.12. The van der Waals surface area contributed by atoms with E-state index >= 15 is 0 Å². The van der Waals surface area contributed by atoms with Crippen LogP contribution in [0, 0.1) is 0 Å². The van der Waals surface area contributed by atoms with E-state index in [0.717, 1.165) is 12.1 Å². The van der Waals surface area contributed by atoms with Gasteiger partial charge in [0, 0.05) is 11.3 Å². The third kappa shape index (κ3) is 5.73. The summed E-state index contributed by atoms with van der Waals surface area (Å²) in [5, 5.41) is 2.41. The van der Waals surface area contributed by atoms with Crippen molar-refractivity contribution in [3.8, 4) is 5.75 Å². The lowest BCUT2D eigenvalue weighted by Crippen LogP contribution is -2.26. The molecule has 2 aromatic carbocycles. The predicted octanol–water partition coefficient (Wildman–Crippen LogP) is 4.29. The van der Waals surface area contributed by atoms with Crippen molar-refractivity contribution in [2.75, 3.05) is 11.9 Å². The van der Waals surface area contributed by atoms with Crippen molar-refractivity contribution in [1.29, 1.82) is 0 Å². The topological polar surface area (TPSA) is 64.6 Å². The zero-order valence-electron chi connectivity index (χ0n) is 14.7. The summed E-state index contributed by atoms with van der Waals surface area (Å²) < 4.78 is 48.4. The quantitative estimate of drug-likeness (QED) is 0.759. The fraction of sp³-hybridized carbons (Fsp3) is 0.263. The first-order valence-corrected chi connectivity index (χ1v) is 8.12. The fourth-order valence-electron chi connectivity index (χ4n) is 2.17. The summed E-state index contributed by atoms with van der Waals surface area (Å²) in [7, 11) is 0. The summed E-state index contributed by atoms with van der Waals surface area (Å²) in [4.78, 5) is 23.7. The molecular weight excluding hydrogens is 363 g/mol. The first kappa shape index (κ1) is 20.3. The molecule has 2 rings (SSSR count). The largest absolute Gasteiger partial charge is 0.479 e. The highest BCUT2D eigenvalue weighted by atomic mass is 19.4. The lowest BCUT2D eigenvalue weighted by molar-refractivity contribution is -0.150. The number of rotatable bonds is 6. The Bertz CT molecular complexity index is 803. The maximum absolute atomic E-state index is 12.7. The molecule has 1 amide bonds. The number of hydrogen-bond acceptors (Lipinski definition) is 4. The van der Waals surface area contributed by atoms with Gasteiger partial charge in [-0.15, -0.1) is 0 Å². The Morgan fingerprint density at radius 2 is 1.78 bits per heavy atom. The Labute approximate surface area is 154 Å². The van der Waals surface area contributed by atoms with Crippen molar-refractivity contribution in [2.24, 2.45) is 0 Å². The molecule has 0 saturated carbocycles. The highest BCUT2D eigenvalue weighted by Crippen LogP contribution is 2.30. The third-order valence-corrected chi connectivity index (χ3v) is 3.50. The number of benzene rings is 2. The molecule has 0 spiro atoms. The van der Waals surface area contributed by atoms with Gasteiger partial charge in [0.1, 0.15) is 5.75 Å². The number of halogens is 3. The normalized spacial score (nSPS) is 12.2. The Hall–Kier alpha value is -3.03. The van der Waals surface area contributed by atoms with Crippen LogP contribution in [0.5, 0.6) is 5.75 Å². The summed E-state index contributed by atoms with van der Waals surface area (Å²) >= 11 is 0. The molecule has 0 unspecified atom stereocenters. The Balaban J connectivity index is 2.03. The van der Waals surface area contributed by atoms with E-state index in [0.29, 0.717) is 5.75 Å². The molecule has 144 valence electrons. The van der Waals surface area contributed by atoms with E-state index in [4.69, 9.17) is 9.47 Å². The van der Waals surface area contributed by atoms with Gasteiger partial charge >= 0.3 is 12.1 Å². The van der Waals surface area contributed by atoms with Crippen LogP contribution in [0.1, 0.15) is 29.8 Å². The van der Waals surface area contributed by atoms with Crippen molar-refractivity contribution in [1.82, 2.24) is 0 Å². The van der Waals surface area contributed by atoms with Gasteiger partial charge in [0.25, 0.3) is 5.91 Å². The number of esters is 1. The Morgan fingerprint density at radius 3 is 2.37 bits per heavy atom. The van der Waals surface area contributed by atoms with Gasteiger partial charge < -0.3 is 14.8 Å². The average Bonchev–Trinajstić information content (AvgIpc) is 2.62. The molecule has 8 heteroatoms. The lowest BCUT2D eigenvalue weighted by atomic mass is 10.1. The summed E-state index contributed by atoms with van der Waals surface area (Å²) in [6, 6.07) is 10.2. The highest BCUT2D eigenvalue weighted by Gasteiger charge is 2.30. The molecule has 1 atom stereocenters. The van der Waals surface area contributed by atoms with E-state index in [9.17, 15) is 22.8 Å². The van der Waals surface area contributed by atoms with Crippen molar-refractivity contribution >= 4 is 17.6 Å². The van der Waals surface area contributed by atoms with Crippen LogP contribution in [-0.2, 0) is 15.7 Å². The minimum atomic E-state index is -4.49. The van der Waals surface area contributed by atoms with E-state index in [2.05, 4.69) is 5.32 Å². The number of carbonyl (C=O) groups excluding carboxylic acids is 2. The molecule has 2 aromatic rings. The van der Waals surface area contributed by atoms with Gasteiger partial charge in [0.15, 0.2) is 6.10 Å². The molecule has 0 fully saturated rings. The molecule has 0 aliphatic carbocycles. The van der Waals surface area contributed by atoms with E-state index < -0.39 is 29.7 Å². The molecule has 5 nitrogen and oxygen atoms in total. The lowest BCUT2D eigenvalue weighted by Gasteiger charge is -2.13. The zero-order valence-corrected chi connectivity index (χ0v) is 14.7. The highest BCUT2D eigenvalue weighted by molar-refractivity contribution is 6.04. The van der Waals surface area contributed by atoms with Crippen molar-refractivity contribution in [3.05, 3.63) is 59.7 Å². The maximum Gasteiger partial charge on any atom is 0.416 e. The van der Waals surface area contributed by atoms with Crippen molar-refractivity contribution < 1.29 is 32.2 Å². The number of hydrogen-bond donors (Lipinski definition) is 1. The number of alkyl halides is 3. The maximum atomic E-state index is 12.7. The van der Waals surface area contributed by atoms with Crippen molar-refractivity contribution in [2.45, 2.75) is 26.1 Å². The van der Waals surface area contributed by atoms with Gasteiger partial charge in [-0.05, 0) is 56.3 Å². The molecular formula is C19H18F3NO4. The van der Waals surface area contributed by atoms with Crippen molar-refractivity contribution in [3.63, 3.8) is 0 Å². The number of anilines is 1. The molecule has 1 N–H and O–H groups in total. The first-order chi connectivity index (χ1) is 12.7. The molecule has 0 aliphatic rings. The van der Waals surface area contributed by atoms with Gasteiger partial charge in [0.05, 0.1) is 12.2 Å². The summed E-state index contributed by atoms with van der Waals surface area (Å²) in [6.07, 6.45) is -5.30. The van der Waals surface area contributed by atoms with Gasteiger partial charge in [-0.1, -0.05) is 6.07 Å². The second-order valence-electron chi connectivity index (χ2n) is 5.57. The van der Waals surface area contributed by atoms with E-state index in [1.165, 1.54) is 43.3 Å². The predicted molar refractivity (Wildman–Crippen MR) is 92.6 cm³/mol. The van der Waals surface area contributed by atoms with E-state index in [1.807, 2.05) is 0 Å². The third-order valence-electron chi connectivity index (χ3n) is 3.50. The van der Waals surface area contributed by atoms with Crippen LogP contribution in [0.3, 0.4) is 0 Å². The standard InChI is InChI=1S/C19H18F3NO4/c1-3-26-18(25)12(2)27-16-9-7-13(8-10-16)17(24)23-15-6-4-5-14(11-15)19(20,21)22/h4-12H,3H2,1-2H3,(H,23,24)/t12-/m1/s1. The van der Waals surface area contributed by atoms with E-state index in [1.54, 1.807) is 6.92 Å². The van der Waals surface area contributed by atoms with Crippen LogP contribution >= 0.6 is 0 Å². The minimum Gasteiger partial charge on any atom is -0.479 e. The smallest absolute Gasteiger partial charge is 0.416 e. The van der Waals surface area contributed by atoms with Crippen LogP contribution < -0.4 is 10.1 Å². The number of ether oxygens (including phenoxy) is 2. The monoisotopic (exact) mass is 381 g/mol. The summed E-state index contributed by atoms with van der Waals surface area (Å²) in [6.45, 7) is 3.45. The summed E-state index contributed by atoms with van der Waals surface area (Å²) in [5.41, 5.74) is -0.591. The average molecular weight is 381 g/mol.